The summed E-state index contributed by atoms with van der Waals surface area (Å²) in [6.07, 6.45) is 0. The average molecular weight is 320 g/mol. The first-order chi connectivity index (χ1) is 11.6. The monoisotopic (exact) mass is 320 g/mol. The Bertz CT molecular complexity index is 959. The normalized spacial score (nSPS) is 11.5. The van der Waals surface area contributed by atoms with E-state index < -0.39 is 11.8 Å². The van der Waals surface area contributed by atoms with Crippen LogP contribution in [-0.4, -0.2) is 11.8 Å². The molecule has 24 heavy (non-hydrogen) atoms. The van der Waals surface area contributed by atoms with Crippen molar-refractivity contribution in [2.75, 3.05) is 0 Å². The number of hydrogen-bond donors (Lipinski definition) is 1. The number of rotatable bonds is 3. The maximum Gasteiger partial charge on any atom is 0.263 e. The fraction of sp³-hybridized carbons (Fsp3) is 0.105. The van der Waals surface area contributed by atoms with Crippen molar-refractivity contribution in [3.8, 4) is 0 Å². The predicted octanol–water partition coefficient (Wildman–Crippen LogP) is 2.81. The Morgan fingerprint density at radius 3 is 2.50 bits per heavy atom. The summed E-state index contributed by atoms with van der Waals surface area (Å²) in [5.41, 5.74) is 2.07. The van der Waals surface area contributed by atoms with Crippen LogP contribution >= 0.6 is 0 Å². The first kappa shape index (κ1) is 15.7. The van der Waals surface area contributed by atoms with Gasteiger partial charge in [0.15, 0.2) is 0 Å². The number of carbonyl (C=O) groups excluding carboxylic acids is 2. The summed E-state index contributed by atoms with van der Waals surface area (Å²) in [7, 11) is 0. The van der Waals surface area contributed by atoms with E-state index in [0.717, 1.165) is 10.9 Å². The quantitative estimate of drug-likeness (QED) is 0.806. The van der Waals surface area contributed by atoms with Gasteiger partial charge in [0.1, 0.15) is 11.1 Å². The lowest BCUT2D eigenvalue weighted by molar-refractivity contribution is -0.118. The van der Waals surface area contributed by atoms with Gasteiger partial charge in [0, 0.05) is 12.3 Å². The van der Waals surface area contributed by atoms with Crippen LogP contribution in [0.2, 0.25) is 0 Å². The molecule has 3 rings (SSSR count). The Balaban J connectivity index is 2.09. The van der Waals surface area contributed by atoms with Crippen molar-refractivity contribution in [1.29, 1.82) is 0 Å². The topological polar surface area (TPSA) is 71.7 Å². The Kier molecular flexibility index (Phi) is 4.52. The van der Waals surface area contributed by atoms with Crippen molar-refractivity contribution >= 4 is 22.8 Å². The van der Waals surface area contributed by atoms with Crippen LogP contribution in [0, 0.1) is 0 Å². The van der Waals surface area contributed by atoms with Crippen LogP contribution in [0.3, 0.4) is 0 Å². The molecule has 0 aliphatic carbocycles. The highest BCUT2D eigenvalue weighted by Crippen LogP contribution is 2.13. The molecule has 2 amide bonds. The molecule has 1 heterocycles. The number of hydrogen-bond acceptors (Lipinski definition) is 4. The predicted molar refractivity (Wildman–Crippen MR) is 90.1 cm³/mol. The molecule has 3 aromatic rings. The molecule has 1 N–H and O–H groups in total. The molecule has 120 valence electrons. The fourth-order valence-electron chi connectivity index (χ4n) is 2.32. The number of nitrogens with one attached hydrogen (secondary N) is 1. The average Bonchev–Trinajstić information content (AvgIpc) is 2.59. The Hall–Kier alpha value is -3.21. The summed E-state index contributed by atoms with van der Waals surface area (Å²) in [6, 6.07) is 18.7. The fourth-order valence-corrected chi connectivity index (χ4v) is 2.32. The van der Waals surface area contributed by atoms with Crippen molar-refractivity contribution in [3.05, 3.63) is 77.3 Å². The molecule has 0 saturated carbocycles. The number of amides is 2. The SMILES string of the molecule is CC(=O)NC(=O)c1cc2ccccc2oc1=NCc1ccccc1. The van der Waals surface area contributed by atoms with Crippen LogP contribution in [0.4, 0.5) is 0 Å². The maximum absolute atomic E-state index is 12.3. The first-order valence-electron chi connectivity index (χ1n) is 7.53. The molecule has 0 saturated heterocycles. The van der Waals surface area contributed by atoms with Gasteiger partial charge >= 0.3 is 0 Å². The van der Waals surface area contributed by atoms with E-state index in [9.17, 15) is 9.59 Å². The Morgan fingerprint density at radius 2 is 1.75 bits per heavy atom. The van der Waals surface area contributed by atoms with E-state index in [-0.39, 0.29) is 11.1 Å². The molecular formula is C19H16N2O3. The minimum Gasteiger partial charge on any atom is -0.438 e. The van der Waals surface area contributed by atoms with E-state index in [1.807, 2.05) is 54.6 Å². The molecule has 0 aliphatic rings. The minimum absolute atomic E-state index is 0.205. The number of para-hydroxylation sites is 1. The van der Waals surface area contributed by atoms with E-state index >= 15 is 0 Å². The molecule has 1 aromatic heterocycles. The van der Waals surface area contributed by atoms with Gasteiger partial charge in [-0.25, -0.2) is 4.99 Å². The smallest absolute Gasteiger partial charge is 0.263 e. The van der Waals surface area contributed by atoms with Crippen molar-refractivity contribution in [3.63, 3.8) is 0 Å². The number of nitrogens with zero attached hydrogens (tertiary/aromatic N) is 1. The number of fused-ring (bicyclic) bond motifs is 1. The lowest BCUT2D eigenvalue weighted by Crippen LogP contribution is -2.32. The van der Waals surface area contributed by atoms with Crippen LogP contribution in [-0.2, 0) is 11.3 Å². The van der Waals surface area contributed by atoms with Crippen LogP contribution in [0.5, 0.6) is 0 Å². The van der Waals surface area contributed by atoms with Crippen molar-refractivity contribution in [2.45, 2.75) is 13.5 Å². The number of imide groups is 1. The zero-order valence-corrected chi connectivity index (χ0v) is 13.2. The van der Waals surface area contributed by atoms with Crippen molar-refractivity contribution in [2.24, 2.45) is 4.99 Å². The highest BCUT2D eigenvalue weighted by atomic mass is 16.3. The van der Waals surface area contributed by atoms with Gasteiger partial charge in [-0.3, -0.25) is 14.9 Å². The molecule has 5 heteroatoms. The van der Waals surface area contributed by atoms with Gasteiger partial charge in [0.25, 0.3) is 5.91 Å². The second-order valence-electron chi connectivity index (χ2n) is 5.32. The highest BCUT2D eigenvalue weighted by Gasteiger charge is 2.13. The van der Waals surface area contributed by atoms with Crippen LogP contribution in [0.1, 0.15) is 22.8 Å². The summed E-state index contributed by atoms with van der Waals surface area (Å²) in [5.74, 6) is -0.953. The van der Waals surface area contributed by atoms with E-state index in [1.54, 1.807) is 6.07 Å². The lowest BCUT2D eigenvalue weighted by atomic mass is 10.1. The van der Waals surface area contributed by atoms with Crippen molar-refractivity contribution < 1.29 is 14.0 Å². The van der Waals surface area contributed by atoms with E-state index in [2.05, 4.69) is 10.3 Å². The van der Waals surface area contributed by atoms with Crippen molar-refractivity contribution in [1.82, 2.24) is 5.32 Å². The molecule has 0 unspecified atom stereocenters. The summed E-state index contributed by atoms with van der Waals surface area (Å²) in [4.78, 5) is 27.9. The van der Waals surface area contributed by atoms with Gasteiger partial charge in [-0.2, -0.15) is 0 Å². The largest absolute Gasteiger partial charge is 0.438 e. The summed E-state index contributed by atoms with van der Waals surface area (Å²) in [6.45, 7) is 1.67. The van der Waals surface area contributed by atoms with Crippen LogP contribution in [0.15, 0.2) is 70.1 Å². The first-order valence-corrected chi connectivity index (χ1v) is 7.53. The van der Waals surface area contributed by atoms with Gasteiger partial charge in [0.2, 0.25) is 11.5 Å². The van der Waals surface area contributed by atoms with E-state index in [0.29, 0.717) is 12.1 Å². The Labute approximate surface area is 138 Å². The molecule has 0 atom stereocenters. The van der Waals surface area contributed by atoms with E-state index in [1.165, 1.54) is 6.92 Å². The van der Waals surface area contributed by atoms with Gasteiger partial charge in [-0.1, -0.05) is 48.5 Å². The van der Waals surface area contributed by atoms with Crippen LogP contribution < -0.4 is 10.9 Å². The zero-order valence-electron chi connectivity index (χ0n) is 13.2. The van der Waals surface area contributed by atoms with Crippen LogP contribution in [0.25, 0.3) is 11.0 Å². The molecular weight excluding hydrogens is 304 g/mol. The number of benzene rings is 2. The molecule has 0 bridgehead atoms. The molecule has 2 aromatic carbocycles. The minimum atomic E-state index is -0.524. The molecule has 0 radical (unpaired) electrons. The second-order valence-corrected chi connectivity index (χ2v) is 5.32. The third-order valence-corrected chi connectivity index (χ3v) is 3.44. The standard InChI is InChI=1S/C19H16N2O3/c1-13(22)21-18(23)16-11-15-9-5-6-10-17(15)24-19(16)20-12-14-7-3-2-4-8-14/h2-11H,12H2,1H3,(H,21,22,23). The highest BCUT2D eigenvalue weighted by molar-refractivity contribution is 6.04. The third kappa shape index (κ3) is 3.57. The third-order valence-electron chi connectivity index (χ3n) is 3.44. The van der Waals surface area contributed by atoms with Gasteiger partial charge in [0.05, 0.1) is 6.54 Å². The van der Waals surface area contributed by atoms with Gasteiger partial charge in [-0.15, -0.1) is 0 Å². The molecule has 0 aliphatic heterocycles. The maximum atomic E-state index is 12.3. The molecule has 0 fully saturated rings. The zero-order chi connectivity index (χ0) is 16.9. The summed E-state index contributed by atoms with van der Waals surface area (Å²) >= 11 is 0. The van der Waals surface area contributed by atoms with E-state index in [4.69, 9.17) is 4.42 Å². The number of carbonyl (C=O) groups is 2. The van der Waals surface area contributed by atoms with Gasteiger partial charge in [-0.05, 0) is 17.7 Å². The molecule has 5 nitrogen and oxygen atoms in total. The summed E-state index contributed by atoms with van der Waals surface area (Å²) in [5, 5.41) is 3.03. The molecule has 0 spiro atoms. The lowest BCUT2D eigenvalue weighted by Gasteiger charge is -2.04. The van der Waals surface area contributed by atoms with Gasteiger partial charge < -0.3 is 4.42 Å². The summed E-state index contributed by atoms with van der Waals surface area (Å²) < 4.78 is 5.78. The Morgan fingerprint density at radius 1 is 1.04 bits per heavy atom. The second kappa shape index (κ2) is 6.91.